The maximum absolute atomic E-state index is 11.7. The van der Waals surface area contributed by atoms with Crippen molar-refractivity contribution in [1.29, 1.82) is 0 Å². The van der Waals surface area contributed by atoms with Crippen molar-refractivity contribution in [1.82, 2.24) is 4.90 Å². The van der Waals surface area contributed by atoms with Gasteiger partial charge in [0.1, 0.15) is 19.1 Å². The molecule has 9 heteroatoms. The minimum atomic E-state index is -2.37. The Morgan fingerprint density at radius 1 is 0.756 bits per heavy atom. The summed E-state index contributed by atoms with van der Waals surface area (Å²) in [5, 5.41) is 27.7. The predicted molar refractivity (Wildman–Crippen MR) is 154 cm³/mol. The van der Waals surface area contributed by atoms with Gasteiger partial charge in [-0.05, 0) is 53.4 Å². The smallest absolute Gasteiger partial charge is 0.337 e. The van der Waals surface area contributed by atoms with Crippen LogP contribution in [0.3, 0.4) is 0 Å². The van der Waals surface area contributed by atoms with Gasteiger partial charge in [-0.25, -0.2) is 4.79 Å². The summed E-state index contributed by atoms with van der Waals surface area (Å²) in [6, 6.07) is 28.4. The molecule has 0 fully saturated rings. The zero-order valence-corrected chi connectivity index (χ0v) is 23.2. The highest BCUT2D eigenvalue weighted by atomic mass is 16.5. The van der Waals surface area contributed by atoms with Crippen molar-refractivity contribution in [3.8, 4) is 5.75 Å². The van der Waals surface area contributed by atoms with Gasteiger partial charge >= 0.3 is 17.9 Å². The van der Waals surface area contributed by atoms with Gasteiger partial charge in [-0.2, -0.15) is 0 Å². The van der Waals surface area contributed by atoms with Crippen molar-refractivity contribution in [3.05, 3.63) is 102 Å². The largest absolute Gasteiger partial charge is 0.492 e. The summed E-state index contributed by atoms with van der Waals surface area (Å²) in [6.45, 7) is 2.41. The van der Waals surface area contributed by atoms with Gasteiger partial charge in [0.05, 0.1) is 12.8 Å². The number of ether oxygens (including phenoxy) is 2. The van der Waals surface area contributed by atoms with E-state index in [0.717, 1.165) is 28.7 Å². The highest BCUT2D eigenvalue weighted by molar-refractivity contribution is 5.98. The zero-order valence-electron chi connectivity index (χ0n) is 23.2. The number of likely N-dealkylation sites (N-methyl/N-ethyl adjacent to an activating group) is 1. The Morgan fingerprint density at radius 3 is 1.76 bits per heavy atom. The van der Waals surface area contributed by atoms with Crippen LogP contribution in [-0.2, 0) is 19.1 Å². The molecule has 0 aromatic heterocycles. The minimum absolute atomic E-state index is 0.239. The van der Waals surface area contributed by atoms with Crippen LogP contribution in [0.5, 0.6) is 5.75 Å². The first-order valence-electron chi connectivity index (χ1n) is 13.2. The highest BCUT2D eigenvalue weighted by Crippen LogP contribution is 2.35. The number of rotatable bonds is 16. The van der Waals surface area contributed by atoms with Gasteiger partial charge in [0.2, 0.25) is 0 Å². The number of aliphatic carboxylic acids is 3. The van der Waals surface area contributed by atoms with E-state index in [1.807, 2.05) is 60.7 Å². The number of allylic oxidation sites excluding steroid dienone is 1. The number of hydrogen-bond donors (Lipinski definition) is 3. The summed E-state index contributed by atoms with van der Waals surface area (Å²) >= 11 is 0. The summed E-state index contributed by atoms with van der Waals surface area (Å²) < 4.78 is 11.2. The number of carbonyl (C=O) groups is 3. The van der Waals surface area contributed by atoms with Crippen molar-refractivity contribution < 1.29 is 39.2 Å². The van der Waals surface area contributed by atoms with E-state index in [1.165, 1.54) is 5.57 Å². The van der Waals surface area contributed by atoms with Crippen LogP contribution in [0.25, 0.3) is 11.1 Å². The molecule has 3 N–H and O–H groups in total. The molecule has 0 bridgehead atoms. The van der Waals surface area contributed by atoms with Crippen LogP contribution in [0.4, 0.5) is 0 Å². The van der Waals surface area contributed by atoms with Crippen molar-refractivity contribution in [2.24, 2.45) is 0 Å². The molecular formula is C32H35NO8. The maximum atomic E-state index is 11.7. The molecular weight excluding hydrogens is 526 g/mol. The predicted octanol–water partition coefficient (Wildman–Crippen LogP) is 5.11. The molecule has 0 aliphatic rings. The Kier molecular flexibility index (Phi) is 11.2. The standard InChI is InChI=1S/C32H35NO8/c1-3-27(23-10-6-4-7-11-23)30(24-12-8-5-9-13-24)25-14-16-26(17-15-25)40-19-18-33(2)22-41-32(31(38)39,20-28(34)35)21-29(36)37/h4-17H,3,18-22H2,1-2H3,(H,34,35)(H,36,37)(H,38,39)/b30-27-. The average Bonchev–Trinajstić information content (AvgIpc) is 2.95. The second-order valence-electron chi connectivity index (χ2n) is 9.61. The Bertz CT molecular complexity index is 1320. The molecule has 0 atom stereocenters. The quantitative estimate of drug-likeness (QED) is 0.161. The van der Waals surface area contributed by atoms with Crippen molar-refractivity contribution in [2.45, 2.75) is 31.8 Å². The van der Waals surface area contributed by atoms with Crippen LogP contribution in [-0.4, -0.2) is 70.7 Å². The maximum Gasteiger partial charge on any atom is 0.337 e. The lowest BCUT2D eigenvalue weighted by molar-refractivity contribution is -0.184. The lowest BCUT2D eigenvalue weighted by atomic mass is 9.88. The Morgan fingerprint density at radius 2 is 1.27 bits per heavy atom. The summed E-state index contributed by atoms with van der Waals surface area (Å²) in [5.41, 5.74) is 3.34. The van der Waals surface area contributed by atoms with Crippen LogP contribution in [0, 0.1) is 0 Å². The van der Waals surface area contributed by atoms with E-state index in [-0.39, 0.29) is 13.3 Å². The van der Waals surface area contributed by atoms with Gasteiger partial charge in [0.25, 0.3) is 0 Å². The van der Waals surface area contributed by atoms with E-state index in [4.69, 9.17) is 19.7 Å². The van der Waals surface area contributed by atoms with E-state index in [0.29, 0.717) is 12.3 Å². The first-order valence-corrected chi connectivity index (χ1v) is 13.2. The van der Waals surface area contributed by atoms with E-state index in [2.05, 4.69) is 31.2 Å². The molecule has 0 spiro atoms. The van der Waals surface area contributed by atoms with Gasteiger partial charge in [-0.15, -0.1) is 0 Å². The van der Waals surface area contributed by atoms with E-state index >= 15 is 0 Å². The SMILES string of the molecule is CC/C(=C(\c1ccccc1)c1ccc(OCCN(C)COC(CC(=O)O)(CC(=O)O)C(=O)O)cc1)c1ccccc1. The third-order valence-electron chi connectivity index (χ3n) is 6.55. The minimum Gasteiger partial charge on any atom is -0.492 e. The second-order valence-corrected chi connectivity index (χ2v) is 9.61. The van der Waals surface area contributed by atoms with Crippen LogP contribution in [0.1, 0.15) is 42.9 Å². The molecule has 9 nitrogen and oxygen atoms in total. The van der Waals surface area contributed by atoms with Gasteiger partial charge in [-0.3, -0.25) is 14.5 Å². The molecule has 0 unspecified atom stereocenters. The first kappa shape index (κ1) is 31.1. The Hall–Kier alpha value is -4.47. The van der Waals surface area contributed by atoms with Crippen molar-refractivity contribution in [2.75, 3.05) is 26.9 Å². The molecule has 0 saturated carbocycles. The van der Waals surface area contributed by atoms with Crippen LogP contribution >= 0.6 is 0 Å². The lowest BCUT2D eigenvalue weighted by Gasteiger charge is -2.29. The van der Waals surface area contributed by atoms with E-state index < -0.39 is 36.4 Å². The van der Waals surface area contributed by atoms with Gasteiger partial charge in [-0.1, -0.05) is 79.7 Å². The normalized spacial score (nSPS) is 12.1. The topological polar surface area (TPSA) is 134 Å². The fourth-order valence-electron chi connectivity index (χ4n) is 4.49. The fourth-order valence-corrected chi connectivity index (χ4v) is 4.49. The summed E-state index contributed by atoms with van der Waals surface area (Å²) in [7, 11) is 1.63. The van der Waals surface area contributed by atoms with Gasteiger partial charge in [0.15, 0.2) is 5.60 Å². The molecule has 0 heterocycles. The number of hydrogen-bond acceptors (Lipinski definition) is 6. The van der Waals surface area contributed by atoms with Gasteiger partial charge < -0.3 is 24.8 Å². The first-order chi connectivity index (χ1) is 19.6. The molecule has 3 rings (SSSR count). The van der Waals surface area contributed by atoms with Crippen LogP contribution in [0.2, 0.25) is 0 Å². The molecule has 216 valence electrons. The third-order valence-corrected chi connectivity index (χ3v) is 6.55. The molecule has 3 aromatic rings. The molecule has 0 saturated heterocycles. The second kappa shape index (κ2) is 14.8. The molecule has 41 heavy (non-hydrogen) atoms. The molecule has 0 amide bonds. The number of nitrogens with zero attached hydrogens (tertiary/aromatic N) is 1. The number of carboxylic acid groups (broad SMARTS) is 3. The fraction of sp³-hybridized carbons (Fsp3) is 0.281. The number of benzene rings is 3. The molecule has 0 aliphatic carbocycles. The highest BCUT2D eigenvalue weighted by Gasteiger charge is 2.44. The Labute approximate surface area is 239 Å². The Balaban J connectivity index is 1.68. The summed E-state index contributed by atoms with van der Waals surface area (Å²) in [5.74, 6) is -3.94. The van der Waals surface area contributed by atoms with E-state index in [9.17, 15) is 19.5 Å². The summed E-state index contributed by atoms with van der Waals surface area (Å²) in [4.78, 5) is 35.6. The third kappa shape index (κ3) is 8.76. The molecule has 0 aliphatic heterocycles. The molecule has 3 aromatic carbocycles. The lowest BCUT2D eigenvalue weighted by Crippen LogP contribution is -2.47. The van der Waals surface area contributed by atoms with E-state index in [1.54, 1.807) is 11.9 Å². The van der Waals surface area contributed by atoms with Crippen LogP contribution < -0.4 is 4.74 Å². The monoisotopic (exact) mass is 561 g/mol. The van der Waals surface area contributed by atoms with Gasteiger partial charge in [0, 0.05) is 6.54 Å². The average molecular weight is 562 g/mol. The zero-order chi connectivity index (χ0) is 29.8. The number of carboxylic acids is 3. The van der Waals surface area contributed by atoms with Crippen molar-refractivity contribution >= 4 is 29.1 Å². The van der Waals surface area contributed by atoms with Crippen LogP contribution in [0.15, 0.2) is 84.9 Å². The van der Waals surface area contributed by atoms with Crippen molar-refractivity contribution in [3.63, 3.8) is 0 Å². The molecule has 0 radical (unpaired) electrons. The summed E-state index contributed by atoms with van der Waals surface area (Å²) in [6.07, 6.45) is -1.10.